The molecule has 1 N–H and O–H groups in total. The molecule has 0 spiro atoms. The lowest BCUT2D eigenvalue weighted by Crippen LogP contribution is -2.04. The quantitative estimate of drug-likeness (QED) is 0.437. The highest BCUT2D eigenvalue weighted by Gasteiger charge is 2.09. The van der Waals surface area contributed by atoms with Gasteiger partial charge in [0.05, 0.1) is 0 Å². The van der Waals surface area contributed by atoms with Gasteiger partial charge in [0.1, 0.15) is 12.4 Å². The number of benzene rings is 4. The molecule has 0 radical (unpaired) electrons. The van der Waals surface area contributed by atoms with Crippen molar-refractivity contribution in [3.8, 4) is 5.75 Å². The Morgan fingerprint density at radius 3 is 2.30 bits per heavy atom. The maximum atomic E-state index is 6.20. The van der Waals surface area contributed by atoms with Crippen molar-refractivity contribution in [3.05, 3.63) is 108 Å². The van der Waals surface area contributed by atoms with Crippen LogP contribution in [0.5, 0.6) is 5.75 Å². The molecule has 0 heterocycles. The van der Waals surface area contributed by atoms with E-state index in [0.29, 0.717) is 13.2 Å². The third kappa shape index (κ3) is 4.12. The van der Waals surface area contributed by atoms with Crippen LogP contribution < -0.4 is 10.1 Å². The molecule has 0 atom stereocenters. The molecule has 0 bridgehead atoms. The predicted molar refractivity (Wildman–Crippen MR) is 113 cm³/mol. The van der Waals surface area contributed by atoms with Crippen LogP contribution in [0.25, 0.3) is 10.8 Å². The Labute approximate surface area is 160 Å². The first-order chi connectivity index (χ1) is 13.3. The Kier molecular flexibility index (Phi) is 5.06. The fourth-order valence-electron chi connectivity index (χ4n) is 3.23. The zero-order chi connectivity index (χ0) is 18.5. The third-order valence-corrected chi connectivity index (χ3v) is 4.76. The largest absolute Gasteiger partial charge is 0.489 e. The summed E-state index contributed by atoms with van der Waals surface area (Å²) in [5, 5.41) is 5.99. The van der Waals surface area contributed by atoms with Crippen LogP contribution in [0.1, 0.15) is 16.7 Å². The fourth-order valence-corrected chi connectivity index (χ4v) is 3.23. The highest BCUT2D eigenvalue weighted by molar-refractivity contribution is 5.88. The first-order valence-electron chi connectivity index (χ1n) is 9.27. The zero-order valence-electron chi connectivity index (χ0n) is 15.5. The summed E-state index contributed by atoms with van der Waals surface area (Å²) in [6.45, 7) is 3.38. The fraction of sp³-hybridized carbons (Fsp3) is 0.120. The molecular weight excluding hydrogens is 330 g/mol. The van der Waals surface area contributed by atoms with Crippen LogP contribution in [-0.4, -0.2) is 0 Å². The highest BCUT2D eigenvalue weighted by Crippen LogP contribution is 2.29. The molecule has 0 saturated carbocycles. The number of hydrogen-bond donors (Lipinski definition) is 1. The lowest BCUT2D eigenvalue weighted by Gasteiger charge is -2.16. The number of nitrogens with one attached hydrogen (secondary N) is 1. The molecule has 134 valence electrons. The van der Waals surface area contributed by atoms with Gasteiger partial charge in [-0.1, -0.05) is 78.4 Å². The summed E-state index contributed by atoms with van der Waals surface area (Å²) in [4.78, 5) is 0. The molecule has 0 aliphatic rings. The molecule has 0 unspecified atom stereocenters. The van der Waals surface area contributed by atoms with E-state index in [0.717, 1.165) is 11.4 Å². The molecule has 0 amide bonds. The van der Waals surface area contributed by atoms with Crippen LogP contribution >= 0.6 is 0 Å². The Morgan fingerprint density at radius 2 is 1.48 bits per heavy atom. The van der Waals surface area contributed by atoms with E-state index in [4.69, 9.17) is 4.74 Å². The van der Waals surface area contributed by atoms with Crippen molar-refractivity contribution in [2.24, 2.45) is 0 Å². The predicted octanol–water partition coefficient (Wildman–Crippen LogP) is 6.34. The Balaban J connectivity index is 1.61. The summed E-state index contributed by atoms with van der Waals surface area (Å²) in [5.41, 5.74) is 4.73. The first kappa shape index (κ1) is 17.2. The Bertz CT molecular complexity index is 1020. The lowest BCUT2D eigenvalue weighted by molar-refractivity contribution is 0.304. The zero-order valence-corrected chi connectivity index (χ0v) is 15.5. The second-order valence-electron chi connectivity index (χ2n) is 6.76. The number of aryl methyl sites for hydroxylation is 1. The van der Waals surface area contributed by atoms with Crippen molar-refractivity contribution in [1.29, 1.82) is 0 Å². The molecule has 0 aromatic heterocycles. The summed E-state index contributed by atoms with van der Waals surface area (Å²) in [6, 6.07) is 31.4. The van der Waals surface area contributed by atoms with E-state index in [2.05, 4.69) is 85.0 Å². The molecule has 2 heteroatoms. The van der Waals surface area contributed by atoms with E-state index in [-0.39, 0.29) is 0 Å². The normalized spacial score (nSPS) is 10.7. The van der Waals surface area contributed by atoms with E-state index in [9.17, 15) is 0 Å². The standard InChI is InChI=1S/C25H23NO/c1-19-11-14-22(15-12-19)26-17-24-23-10-6-5-9-21(23)13-16-25(24)27-18-20-7-3-2-4-8-20/h2-16,26H,17-18H2,1H3. The van der Waals surface area contributed by atoms with E-state index in [1.807, 2.05) is 18.2 Å². The minimum Gasteiger partial charge on any atom is -0.489 e. The molecule has 4 aromatic rings. The van der Waals surface area contributed by atoms with Crippen molar-refractivity contribution in [1.82, 2.24) is 0 Å². The van der Waals surface area contributed by atoms with Crippen molar-refractivity contribution in [3.63, 3.8) is 0 Å². The van der Waals surface area contributed by atoms with E-state index >= 15 is 0 Å². The highest BCUT2D eigenvalue weighted by atomic mass is 16.5. The SMILES string of the molecule is Cc1ccc(NCc2c(OCc3ccccc3)ccc3ccccc23)cc1. The number of hydrogen-bond acceptors (Lipinski definition) is 2. The number of anilines is 1. The van der Waals surface area contributed by atoms with Gasteiger partial charge in [-0.2, -0.15) is 0 Å². The number of ether oxygens (including phenoxy) is 1. The summed E-state index contributed by atoms with van der Waals surface area (Å²) in [7, 11) is 0. The van der Waals surface area contributed by atoms with Gasteiger partial charge in [-0.3, -0.25) is 0 Å². The van der Waals surface area contributed by atoms with Gasteiger partial charge in [0.15, 0.2) is 0 Å². The minimum atomic E-state index is 0.566. The van der Waals surface area contributed by atoms with Crippen LogP contribution in [-0.2, 0) is 13.2 Å². The number of fused-ring (bicyclic) bond motifs is 1. The smallest absolute Gasteiger partial charge is 0.125 e. The lowest BCUT2D eigenvalue weighted by atomic mass is 10.0. The molecule has 0 fully saturated rings. The van der Waals surface area contributed by atoms with Crippen LogP contribution in [0, 0.1) is 6.92 Å². The summed E-state index contributed by atoms with van der Waals surface area (Å²) < 4.78 is 6.20. The van der Waals surface area contributed by atoms with Gasteiger partial charge in [-0.05, 0) is 41.5 Å². The maximum absolute atomic E-state index is 6.20. The van der Waals surface area contributed by atoms with Crippen molar-refractivity contribution >= 4 is 16.5 Å². The van der Waals surface area contributed by atoms with E-state index in [1.165, 1.54) is 27.5 Å². The molecule has 0 saturated heterocycles. The van der Waals surface area contributed by atoms with Crippen molar-refractivity contribution in [2.75, 3.05) is 5.32 Å². The molecule has 0 aliphatic carbocycles. The van der Waals surface area contributed by atoms with Gasteiger partial charge in [0.2, 0.25) is 0 Å². The monoisotopic (exact) mass is 353 g/mol. The maximum Gasteiger partial charge on any atom is 0.125 e. The molecular formula is C25H23NO. The van der Waals surface area contributed by atoms with Gasteiger partial charge in [-0.15, -0.1) is 0 Å². The molecule has 2 nitrogen and oxygen atoms in total. The van der Waals surface area contributed by atoms with Gasteiger partial charge in [0, 0.05) is 17.8 Å². The first-order valence-corrected chi connectivity index (χ1v) is 9.27. The molecule has 0 aliphatic heterocycles. The van der Waals surface area contributed by atoms with Crippen LogP contribution in [0.3, 0.4) is 0 Å². The van der Waals surface area contributed by atoms with Crippen molar-refractivity contribution < 1.29 is 4.74 Å². The third-order valence-electron chi connectivity index (χ3n) is 4.76. The number of rotatable bonds is 6. The summed E-state index contributed by atoms with van der Waals surface area (Å²) >= 11 is 0. The van der Waals surface area contributed by atoms with Gasteiger partial charge >= 0.3 is 0 Å². The second kappa shape index (κ2) is 7.96. The van der Waals surface area contributed by atoms with Crippen LogP contribution in [0.4, 0.5) is 5.69 Å². The molecule has 27 heavy (non-hydrogen) atoms. The Morgan fingerprint density at radius 1 is 0.741 bits per heavy atom. The van der Waals surface area contributed by atoms with E-state index in [1.54, 1.807) is 0 Å². The van der Waals surface area contributed by atoms with Gasteiger partial charge in [-0.25, -0.2) is 0 Å². The van der Waals surface area contributed by atoms with Crippen LogP contribution in [0.15, 0.2) is 91.0 Å². The van der Waals surface area contributed by atoms with Crippen molar-refractivity contribution in [2.45, 2.75) is 20.1 Å². The summed E-state index contributed by atoms with van der Waals surface area (Å²) in [5.74, 6) is 0.928. The summed E-state index contributed by atoms with van der Waals surface area (Å²) in [6.07, 6.45) is 0. The topological polar surface area (TPSA) is 21.3 Å². The molecule has 4 aromatic carbocycles. The van der Waals surface area contributed by atoms with Gasteiger partial charge in [0.25, 0.3) is 0 Å². The van der Waals surface area contributed by atoms with Gasteiger partial charge < -0.3 is 10.1 Å². The second-order valence-corrected chi connectivity index (χ2v) is 6.76. The average molecular weight is 353 g/mol. The van der Waals surface area contributed by atoms with Crippen LogP contribution in [0.2, 0.25) is 0 Å². The molecule has 4 rings (SSSR count). The Hall–Kier alpha value is -3.26. The minimum absolute atomic E-state index is 0.566. The average Bonchev–Trinajstić information content (AvgIpc) is 2.73. The van der Waals surface area contributed by atoms with E-state index < -0.39 is 0 Å².